The Balaban J connectivity index is 4.57. The van der Waals surface area contributed by atoms with E-state index < -0.39 is 36.8 Å². The highest BCUT2D eigenvalue weighted by molar-refractivity contribution is 5.82. The van der Waals surface area contributed by atoms with Gasteiger partial charge >= 0.3 is 12.1 Å². The Hall–Kier alpha value is -1.38. The summed E-state index contributed by atoms with van der Waals surface area (Å²) in [7, 11) is 2.88. The number of rotatable bonds is 6. The SMILES string of the molecule is CN(C)C(=O)CC[C@H](NC(=O)C(F)(F)F)C(O)CF. The molecule has 0 aromatic heterocycles. The molecule has 0 heterocycles. The Kier molecular flexibility index (Phi) is 6.74. The Bertz CT molecular complexity index is 320. The van der Waals surface area contributed by atoms with E-state index in [1.807, 2.05) is 0 Å². The lowest BCUT2D eigenvalue weighted by molar-refractivity contribution is -0.175. The highest BCUT2D eigenvalue weighted by atomic mass is 19.4. The largest absolute Gasteiger partial charge is 0.471 e. The molecule has 0 aromatic carbocycles. The summed E-state index contributed by atoms with van der Waals surface area (Å²) in [6, 6.07) is -1.47. The van der Waals surface area contributed by atoms with Gasteiger partial charge in [-0.2, -0.15) is 13.2 Å². The van der Waals surface area contributed by atoms with E-state index in [0.29, 0.717) is 0 Å². The molecule has 0 saturated heterocycles. The van der Waals surface area contributed by atoms with Crippen LogP contribution in [0.4, 0.5) is 17.6 Å². The summed E-state index contributed by atoms with van der Waals surface area (Å²) in [5.74, 6) is -2.68. The highest BCUT2D eigenvalue weighted by Crippen LogP contribution is 2.16. The normalized spacial score (nSPS) is 14.7. The van der Waals surface area contributed by atoms with Crippen molar-refractivity contribution >= 4 is 11.8 Å². The van der Waals surface area contributed by atoms with E-state index in [1.165, 1.54) is 24.3 Å². The number of amides is 2. The average Bonchev–Trinajstić information content (AvgIpc) is 2.31. The molecule has 0 aliphatic carbocycles. The first-order valence-corrected chi connectivity index (χ1v) is 5.41. The Morgan fingerprint density at radius 2 is 1.84 bits per heavy atom. The molecule has 2 N–H and O–H groups in total. The van der Waals surface area contributed by atoms with Crippen molar-refractivity contribution in [1.82, 2.24) is 10.2 Å². The van der Waals surface area contributed by atoms with E-state index in [0.717, 1.165) is 0 Å². The summed E-state index contributed by atoms with van der Waals surface area (Å²) < 4.78 is 48.4. The van der Waals surface area contributed by atoms with Crippen LogP contribution in [0.25, 0.3) is 0 Å². The van der Waals surface area contributed by atoms with Gasteiger partial charge in [0.05, 0.1) is 6.04 Å². The predicted octanol–water partition coefficient (Wildman–Crippen LogP) is 0.232. The summed E-state index contributed by atoms with van der Waals surface area (Å²) in [4.78, 5) is 23.2. The van der Waals surface area contributed by atoms with Crippen molar-refractivity contribution in [2.24, 2.45) is 0 Å². The van der Waals surface area contributed by atoms with Crippen LogP contribution < -0.4 is 5.32 Å². The number of hydrogen-bond donors (Lipinski definition) is 2. The summed E-state index contributed by atoms with van der Waals surface area (Å²) in [6.07, 6.45) is -7.42. The highest BCUT2D eigenvalue weighted by Gasteiger charge is 2.40. The first kappa shape index (κ1) is 17.6. The van der Waals surface area contributed by atoms with Crippen LogP contribution >= 0.6 is 0 Å². The number of carbonyl (C=O) groups is 2. The molecule has 5 nitrogen and oxygen atoms in total. The van der Waals surface area contributed by atoms with Crippen LogP contribution in [0.3, 0.4) is 0 Å². The number of hydrogen-bond acceptors (Lipinski definition) is 3. The topological polar surface area (TPSA) is 69.6 Å². The number of nitrogens with one attached hydrogen (secondary N) is 1. The van der Waals surface area contributed by atoms with Crippen LogP contribution in [0.15, 0.2) is 0 Å². The number of aliphatic hydroxyl groups is 1. The predicted molar refractivity (Wildman–Crippen MR) is 57.9 cm³/mol. The third kappa shape index (κ3) is 6.37. The Morgan fingerprint density at radius 3 is 2.21 bits per heavy atom. The second-order valence-electron chi connectivity index (χ2n) is 4.13. The molecule has 112 valence electrons. The molecular weight excluding hydrogens is 272 g/mol. The van der Waals surface area contributed by atoms with Crippen molar-refractivity contribution in [2.75, 3.05) is 20.8 Å². The van der Waals surface area contributed by atoms with Gasteiger partial charge in [0.2, 0.25) is 5.91 Å². The first-order chi connectivity index (χ1) is 8.59. The zero-order chi connectivity index (χ0) is 15.2. The third-order valence-electron chi connectivity index (χ3n) is 2.36. The molecule has 0 saturated carbocycles. The van der Waals surface area contributed by atoms with Crippen LogP contribution in [0.1, 0.15) is 12.8 Å². The smallest absolute Gasteiger partial charge is 0.388 e. The summed E-state index contributed by atoms with van der Waals surface area (Å²) in [5, 5.41) is 10.7. The lowest BCUT2D eigenvalue weighted by Crippen LogP contribution is -2.49. The molecule has 0 aromatic rings. The molecule has 0 aliphatic heterocycles. The number of halogens is 4. The summed E-state index contributed by atoms with van der Waals surface area (Å²) >= 11 is 0. The maximum Gasteiger partial charge on any atom is 0.471 e. The summed E-state index contributed by atoms with van der Waals surface area (Å²) in [6.45, 7) is -1.32. The number of aliphatic hydroxyl groups excluding tert-OH is 1. The molecule has 0 spiro atoms. The second kappa shape index (κ2) is 7.27. The average molecular weight is 288 g/mol. The van der Waals surface area contributed by atoms with Crippen molar-refractivity contribution in [3.05, 3.63) is 0 Å². The fourth-order valence-electron chi connectivity index (χ4n) is 1.22. The molecule has 19 heavy (non-hydrogen) atoms. The quantitative estimate of drug-likeness (QED) is 0.688. The molecular formula is C10H16F4N2O3. The van der Waals surface area contributed by atoms with Crippen molar-refractivity contribution < 1.29 is 32.3 Å². The fourth-order valence-corrected chi connectivity index (χ4v) is 1.22. The van der Waals surface area contributed by atoms with Crippen molar-refractivity contribution in [3.8, 4) is 0 Å². The molecule has 0 rings (SSSR count). The van der Waals surface area contributed by atoms with Crippen molar-refractivity contribution in [1.29, 1.82) is 0 Å². The minimum absolute atomic E-state index is 0.215. The lowest BCUT2D eigenvalue weighted by atomic mass is 10.1. The van der Waals surface area contributed by atoms with Crippen LogP contribution in [0.5, 0.6) is 0 Å². The standard InChI is InChI=1S/C10H16F4N2O3/c1-16(2)8(18)4-3-6(7(17)5-11)15-9(19)10(12,13)14/h6-7,17H,3-5H2,1-2H3,(H,15,19)/t6-,7?/m0/s1. The van der Waals surface area contributed by atoms with Gasteiger partial charge < -0.3 is 15.3 Å². The number of carbonyl (C=O) groups excluding carboxylic acids is 2. The van der Waals surface area contributed by atoms with Gasteiger partial charge in [-0.05, 0) is 6.42 Å². The van der Waals surface area contributed by atoms with Gasteiger partial charge in [0.15, 0.2) is 0 Å². The molecule has 0 aliphatic rings. The van der Waals surface area contributed by atoms with Gasteiger partial charge in [-0.1, -0.05) is 0 Å². The van der Waals surface area contributed by atoms with E-state index >= 15 is 0 Å². The Morgan fingerprint density at radius 1 is 1.32 bits per heavy atom. The minimum Gasteiger partial charge on any atom is -0.388 e. The maximum absolute atomic E-state index is 12.3. The van der Waals surface area contributed by atoms with Gasteiger partial charge in [-0.25, -0.2) is 4.39 Å². The molecule has 9 heteroatoms. The van der Waals surface area contributed by atoms with E-state index in [2.05, 4.69) is 0 Å². The number of alkyl halides is 4. The van der Waals surface area contributed by atoms with Crippen LogP contribution in [-0.2, 0) is 9.59 Å². The fraction of sp³-hybridized carbons (Fsp3) is 0.800. The maximum atomic E-state index is 12.3. The molecule has 0 bridgehead atoms. The Labute approximate surface area is 107 Å². The van der Waals surface area contributed by atoms with Crippen molar-refractivity contribution in [2.45, 2.75) is 31.2 Å². The van der Waals surface area contributed by atoms with Crippen LogP contribution in [-0.4, -0.2) is 60.9 Å². The molecule has 2 amide bonds. The van der Waals surface area contributed by atoms with E-state index in [9.17, 15) is 32.3 Å². The van der Waals surface area contributed by atoms with E-state index in [1.54, 1.807) is 0 Å². The van der Waals surface area contributed by atoms with Crippen molar-refractivity contribution in [3.63, 3.8) is 0 Å². The molecule has 0 radical (unpaired) electrons. The van der Waals surface area contributed by atoms with Crippen LogP contribution in [0, 0.1) is 0 Å². The van der Waals surface area contributed by atoms with E-state index in [4.69, 9.17) is 0 Å². The zero-order valence-electron chi connectivity index (χ0n) is 10.5. The lowest BCUT2D eigenvalue weighted by Gasteiger charge is -2.23. The first-order valence-electron chi connectivity index (χ1n) is 5.41. The third-order valence-corrected chi connectivity index (χ3v) is 2.36. The van der Waals surface area contributed by atoms with E-state index in [-0.39, 0.29) is 12.8 Å². The van der Waals surface area contributed by atoms with Gasteiger partial charge in [0.1, 0.15) is 12.8 Å². The van der Waals surface area contributed by atoms with Crippen LogP contribution in [0.2, 0.25) is 0 Å². The second-order valence-corrected chi connectivity index (χ2v) is 4.13. The number of nitrogens with zero attached hydrogens (tertiary/aromatic N) is 1. The van der Waals surface area contributed by atoms with Gasteiger partial charge in [-0.15, -0.1) is 0 Å². The zero-order valence-corrected chi connectivity index (χ0v) is 10.5. The minimum atomic E-state index is -5.13. The van der Waals surface area contributed by atoms with Gasteiger partial charge in [0, 0.05) is 20.5 Å². The summed E-state index contributed by atoms with van der Waals surface area (Å²) in [5.41, 5.74) is 0. The molecule has 0 fully saturated rings. The molecule has 2 atom stereocenters. The molecule has 1 unspecified atom stereocenters. The van der Waals surface area contributed by atoms with Gasteiger partial charge in [-0.3, -0.25) is 9.59 Å². The monoisotopic (exact) mass is 288 g/mol. The van der Waals surface area contributed by atoms with Gasteiger partial charge in [0.25, 0.3) is 0 Å².